The van der Waals surface area contributed by atoms with Crippen LogP contribution in [0.25, 0.3) is 0 Å². The van der Waals surface area contributed by atoms with Crippen LogP contribution in [0.1, 0.15) is 27.2 Å². The van der Waals surface area contributed by atoms with E-state index in [9.17, 15) is 13.0 Å². The lowest BCUT2D eigenvalue weighted by atomic mass is 10.3. The Kier molecular flexibility index (Phi) is 11.9. The molecule has 1 N–H and O–H groups in total. The van der Waals surface area contributed by atoms with E-state index < -0.39 is 10.4 Å². The van der Waals surface area contributed by atoms with Crippen molar-refractivity contribution >= 4 is 10.4 Å². The van der Waals surface area contributed by atoms with Crippen LogP contribution in [0.4, 0.5) is 0 Å². The average molecular weight is 284 g/mol. The van der Waals surface area contributed by atoms with Crippen LogP contribution in [0.15, 0.2) is 0 Å². The van der Waals surface area contributed by atoms with E-state index in [1.807, 2.05) is 0 Å². The fourth-order valence-corrected chi connectivity index (χ4v) is 1.40. The van der Waals surface area contributed by atoms with Gasteiger partial charge in [-0.1, -0.05) is 6.92 Å². The maximum Gasteiger partial charge on any atom is 0.217 e. The quantitative estimate of drug-likeness (QED) is 0.305. The van der Waals surface area contributed by atoms with E-state index in [1.165, 1.54) is 26.4 Å². The van der Waals surface area contributed by atoms with E-state index in [2.05, 4.69) is 37.4 Å². The standard InChI is InChI=1S/C9H23N2.C2H6O4S/c1-5-10-8-7-9-11(3,4)6-2;1-2-6-7(3,4)5/h10H,5-9H2,1-4H3;2H2,1H3,(H,3,4,5)/q+1;/p-1. The number of hydrogen-bond donors (Lipinski definition) is 1. The minimum atomic E-state index is -4.42. The highest BCUT2D eigenvalue weighted by Crippen LogP contribution is 1.96. The summed E-state index contributed by atoms with van der Waals surface area (Å²) in [6.07, 6.45) is 1.29. The first-order valence-electron chi connectivity index (χ1n) is 6.31. The molecule has 112 valence electrons. The van der Waals surface area contributed by atoms with Crippen molar-refractivity contribution in [2.75, 3.05) is 46.9 Å². The van der Waals surface area contributed by atoms with Gasteiger partial charge in [0, 0.05) is 13.0 Å². The average Bonchev–Trinajstić information content (AvgIpc) is 2.24. The Morgan fingerprint density at radius 3 is 2.06 bits per heavy atom. The number of quaternary nitrogens is 1. The third kappa shape index (κ3) is 18.2. The van der Waals surface area contributed by atoms with E-state index in [-0.39, 0.29) is 6.61 Å². The van der Waals surface area contributed by atoms with Gasteiger partial charge in [0.25, 0.3) is 0 Å². The van der Waals surface area contributed by atoms with Gasteiger partial charge in [0.1, 0.15) is 0 Å². The Morgan fingerprint density at radius 1 is 1.22 bits per heavy atom. The van der Waals surface area contributed by atoms with Gasteiger partial charge in [-0.25, -0.2) is 8.42 Å². The third-order valence-electron chi connectivity index (χ3n) is 2.49. The summed E-state index contributed by atoms with van der Waals surface area (Å²) in [5, 5.41) is 3.33. The molecular formula is C11H28N2O4S. The van der Waals surface area contributed by atoms with Crippen LogP contribution in [-0.2, 0) is 14.6 Å². The molecule has 0 atom stereocenters. The summed E-state index contributed by atoms with van der Waals surface area (Å²) in [6, 6.07) is 0. The van der Waals surface area contributed by atoms with Crippen LogP contribution in [0, 0.1) is 0 Å². The van der Waals surface area contributed by atoms with Gasteiger partial charge in [-0.15, -0.1) is 0 Å². The Hall–Kier alpha value is -0.210. The van der Waals surface area contributed by atoms with Gasteiger partial charge in [0.15, 0.2) is 0 Å². The van der Waals surface area contributed by atoms with Crippen molar-refractivity contribution in [2.45, 2.75) is 27.2 Å². The lowest BCUT2D eigenvalue weighted by Crippen LogP contribution is -2.41. The number of rotatable bonds is 8. The normalized spacial score (nSPS) is 11.9. The van der Waals surface area contributed by atoms with E-state index in [0.717, 1.165) is 17.6 Å². The zero-order valence-corrected chi connectivity index (χ0v) is 13.0. The predicted molar refractivity (Wildman–Crippen MR) is 72.0 cm³/mol. The zero-order chi connectivity index (χ0) is 14.7. The fraction of sp³-hybridized carbons (Fsp3) is 1.00. The Bertz CT molecular complexity index is 279. The molecule has 0 heterocycles. The Balaban J connectivity index is 0. The second-order valence-electron chi connectivity index (χ2n) is 4.50. The van der Waals surface area contributed by atoms with Gasteiger partial charge in [-0.3, -0.25) is 4.18 Å². The molecule has 0 fully saturated rings. The van der Waals surface area contributed by atoms with Crippen molar-refractivity contribution in [1.29, 1.82) is 0 Å². The molecule has 0 aromatic carbocycles. The maximum atomic E-state index is 9.45. The molecule has 7 heteroatoms. The van der Waals surface area contributed by atoms with Gasteiger partial charge in [0.05, 0.1) is 33.8 Å². The molecule has 0 unspecified atom stereocenters. The van der Waals surface area contributed by atoms with Crippen LogP contribution in [0.5, 0.6) is 0 Å². The molecule has 0 aliphatic carbocycles. The van der Waals surface area contributed by atoms with E-state index in [4.69, 9.17) is 0 Å². The van der Waals surface area contributed by atoms with Gasteiger partial charge >= 0.3 is 0 Å². The van der Waals surface area contributed by atoms with E-state index in [0.29, 0.717) is 0 Å². The SMILES string of the molecule is CCNCCC[N+](C)(C)CC.CCOS(=O)(=O)[O-]. The Morgan fingerprint density at radius 2 is 1.78 bits per heavy atom. The van der Waals surface area contributed by atoms with Gasteiger partial charge in [0.2, 0.25) is 10.4 Å². The highest BCUT2D eigenvalue weighted by Gasteiger charge is 2.09. The molecule has 0 aliphatic rings. The zero-order valence-electron chi connectivity index (χ0n) is 12.2. The summed E-state index contributed by atoms with van der Waals surface area (Å²) in [5.41, 5.74) is 0. The van der Waals surface area contributed by atoms with E-state index >= 15 is 0 Å². The molecule has 0 saturated carbocycles. The summed E-state index contributed by atoms with van der Waals surface area (Å²) in [7, 11) is 0.143. The highest BCUT2D eigenvalue weighted by molar-refractivity contribution is 7.80. The minimum absolute atomic E-state index is 0.0914. The number of nitrogens with zero attached hydrogens (tertiary/aromatic N) is 1. The summed E-state index contributed by atoms with van der Waals surface area (Å²) in [6.45, 7) is 10.5. The molecule has 0 radical (unpaired) electrons. The lowest BCUT2D eigenvalue weighted by molar-refractivity contribution is -0.888. The second kappa shape index (κ2) is 10.7. The van der Waals surface area contributed by atoms with Crippen molar-refractivity contribution in [1.82, 2.24) is 5.32 Å². The first kappa shape index (κ1) is 20.1. The van der Waals surface area contributed by atoms with Crippen molar-refractivity contribution in [3.8, 4) is 0 Å². The molecule has 0 amide bonds. The highest BCUT2D eigenvalue weighted by atomic mass is 32.3. The smallest absolute Gasteiger partial charge is 0.217 e. The first-order chi connectivity index (χ1) is 8.18. The molecule has 0 spiro atoms. The number of hydrogen-bond acceptors (Lipinski definition) is 5. The molecule has 6 nitrogen and oxygen atoms in total. The lowest BCUT2D eigenvalue weighted by Gasteiger charge is -2.28. The third-order valence-corrected chi connectivity index (χ3v) is 3.01. The summed E-state index contributed by atoms with van der Waals surface area (Å²) in [5.74, 6) is 0. The van der Waals surface area contributed by atoms with Crippen LogP contribution in [0.2, 0.25) is 0 Å². The maximum absolute atomic E-state index is 9.45. The molecule has 0 aromatic rings. The van der Waals surface area contributed by atoms with Gasteiger partial charge in [-0.05, 0) is 20.4 Å². The molecule has 0 aliphatic heterocycles. The molecule has 0 rings (SSSR count). The molecular weight excluding hydrogens is 256 g/mol. The molecule has 0 saturated heterocycles. The van der Waals surface area contributed by atoms with Crippen molar-refractivity contribution in [2.24, 2.45) is 0 Å². The van der Waals surface area contributed by atoms with Gasteiger partial charge < -0.3 is 14.4 Å². The van der Waals surface area contributed by atoms with E-state index in [1.54, 1.807) is 0 Å². The first-order valence-corrected chi connectivity index (χ1v) is 7.64. The van der Waals surface area contributed by atoms with Gasteiger partial charge in [-0.2, -0.15) is 0 Å². The van der Waals surface area contributed by atoms with Crippen molar-refractivity contribution in [3.63, 3.8) is 0 Å². The van der Waals surface area contributed by atoms with Crippen molar-refractivity contribution in [3.05, 3.63) is 0 Å². The second-order valence-corrected chi connectivity index (χ2v) is 5.55. The Labute approximate surface area is 112 Å². The van der Waals surface area contributed by atoms with Crippen LogP contribution in [-0.4, -0.2) is 64.3 Å². The summed E-state index contributed by atoms with van der Waals surface area (Å²) in [4.78, 5) is 0. The topological polar surface area (TPSA) is 78.5 Å². The summed E-state index contributed by atoms with van der Waals surface area (Å²) >= 11 is 0. The molecule has 18 heavy (non-hydrogen) atoms. The largest absolute Gasteiger partial charge is 0.726 e. The van der Waals surface area contributed by atoms with Crippen LogP contribution >= 0.6 is 0 Å². The predicted octanol–water partition coefficient (Wildman–Crippen LogP) is 0.565. The molecule has 0 aromatic heterocycles. The number of nitrogens with one attached hydrogen (secondary N) is 1. The summed E-state index contributed by atoms with van der Waals surface area (Å²) < 4.78 is 33.2. The molecule has 0 bridgehead atoms. The monoisotopic (exact) mass is 284 g/mol. The van der Waals surface area contributed by atoms with Crippen LogP contribution < -0.4 is 5.32 Å². The van der Waals surface area contributed by atoms with Crippen LogP contribution in [0.3, 0.4) is 0 Å². The fourth-order valence-electron chi connectivity index (χ4n) is 1.11. The minimum Gasteiger partial charge on any atom is -0.726 e. The van der Waals surface area contributed by atoms with Crippen molar-refractivity contribution < 1.29 is 21.6 Å².